The fourth-order valence-electron chi connectivity index (χ4n) is 2.62. The molecule has 2 rings (SSSR count). The molecule has 26 heavy (non-hydrogen) atoms. The first-order valence-corrected chi connectivity index (χ1v) is 8.37. The molecule has 2 aromatic rings. The van der Waals surface area contributed by atoms with Crippen LogP contribution < -0.4 is 19.5 Å². The Kier molecular flexibility index (Phi) is 7.14. The third kappa shape index (κ3) is 5.05. The van der Waals surface area contributed by atoms with Gasteiger partial charge in [0.2, 0.25) is 0 Å². The van der Waals surface area contributed by atoms with Gasteiger partial charge in [0.15, 0.2) is 5.96 Å². The van der Waals surface area contributed by atoms with Crippen molar-refractivity contribution < 1.29 is 14.2 Å². The van der Waals surface area contributed by atoms with Gasteiger partial charge in [-0.05, 0) is 29.8 Å². The average Bonchev–Trinajstić information content (AvgIpc) is 2.69. The molecule has 0 aromatic heterocycles. The lowest BCUT2D eigenvalue weighted by Gasteiger charge is -2.23. The quantitative estimate of drug-likeness (QED) is 0.610. The summed E-state index contributed by atoms with van der Waals surface area (Å²) in [6.45, 7) is 1.34. The van der Waals surface area contributed by atoms with Crippen molar-refractivity contribution in [2.24, 2.45) is 4.99 Å². The Balaban J connectivity index is 2.01. The Morgan fingerprint density at radius 2 is 1.62 bits per heavy atom. The Morgan fingerprint density at radius 3 is 2.19 bits per heavy atom. The van der Waals surface area contributed by atoms with Crippen LogP contribution in [0, 0.1) is 0 Å². The first-order chi connectivity index (χ1) is 12.6. The average molecular weight is 357 g/mol. The summed E-state index contributed by atoms with van der Waals surface area (Å²) in [6.07, 6.45) is 0. The van der Waals surface area contributed by atoms with Crippen molar-refractivity contribution in [1.82, 2.24) is 10.2 Å². The van der Waals surface area contributed by atoms with Crippen LogP contribution in [0.25, 0.3) is 0 Å². The van der Waals surface area contributed by atoms with E-state index < -0.39 is 0 Å². The standard InChI is InChI=1S/C20H27N3O3/c1-21-20(22-13-15-6-9-17(24-3)10-7-15)23(2)14-16-8-11-18(25-4)12-19(16)26-5/h6-12H,13-14H2,1-5H3,(H,21,22). The van der Waals surface area contributed by atoms with Crippen LogP contribution in [0.4, 0.5) is 0 Å². The Morgan fingerprint density at radius 1 is 0.962 bits per heavy atom. The van der Waals surface area contributed by atoms with Crippen molar-refractivity contribution in [2.45, 2.75) is 13.1 Å². The number of aliphatic imine (C=N–C) groups is 1. The summed E-state index contributed by atoms with van der Waals surface area (Å²) >= 11 is 0. The normalized spacial score (nSPS) is 11.0. The molecule has 0 unspecified atom stereocenters. The molecule has 0 aliphatic heterocycles. The lowest BCUT2D eigenvalue weighted by molar-refractivity contribution is 0.382. The summed E-state index contributed by atoms with van der Waals surface area (Å²) in [5.41, 5.74) is 2.21. The summed E-state index contributed by atoms with van der Waals surface area (Å²) in [5, 5.41) is 3.37. The molecular weight excluding hydrogens is 330 g/mol. The highest BCUT2D eigenvalue weighted by atomic mass is 16.5. The molecule has 2 aromatic carbocycles. The van der Waals surface area contributed by atoms with Crippen molar-refractivity contribution >= 4 is 5.96 Å². The van der Waals surface area contributed by atoms with E-state index in [-0.39, 0.29) is 0 Å². The SMILES string of the molecule is CN=C(NCc1ccc(OC)cc1)N(C)Cc1ccc(OC)cc1OC. The predicted octanol–water partition coefficient (Wildman–Crippen LogP) is 2.92. The minimum atomic E-state index is 0.662. The molecule has 0 saturated heterocycles. The highest BCUT2D eigenvalue weighted by Gasteiger charge is 2.11. The highest BCUT2D eigenvalue weighted by molar-refractivity contribution is 5.79. The van der Waals surface area contributed by atoms with Gasteiger partial charge in [-0.25, -0.2) is 0 Å². The fourth-order valence-corrected chi connectivity index (χ4v) is 2.62. The summed E-state index contributed by atoms with van der Waals surface area (Å²) in [7, 11) is 8.74. The summed E-state index contributed by atoms with van der Waals surface area (Å²) < 4.78 is 15.9. The molecule has 0 heterocycles. The van der Waals surface area contributed by atoms with E-state index in [0.29, 0.717) is 13.1 Å². The van der Waals surface area contributed by atoms with E-state index in [1.807, 2.05) is 54.4 Å². The van der Waals surface area contributed by atoms with E-state index in [1.165, 1.54) is 0 Å². The van der Waals surface area contributed by atoms with Crippen LogP contribution in [0.5, 0.6) is 17.2 Å². The maximum atomic E-state index is 5.47. The van der Waals surface area contributed by atoms with Gasteiger partial charge >= 0.3 is 0 Å². The second kappa shape index (κ2) is 9.56. The molecule has 1 N–H and O–H groups in total. The molecule has 0 fully saturated rings. The lowest BCUT2D eigenvalue weighted by atomic mass is 10.2. The van der Waals surface area contributed by atoms with Crippen LogP contribution in [-0.2, 0) is 13.1 Å². The highest BCUT2D eigenvalue weighted by Crippen LogP contribution is 2.25. The van der Waals surface area contributed by atoms with E-state index in [4.69, 9.17) is 14.2 Å². The molecule has 6 heteroatoms. The second-order valence-electron chi connectivity index (χ2n) is 5.78. The molecule has 0 atom stereocenters. The second-order valence-corrected chi connectivity index (χ2v) is 5.78. The zero-order valence-corrected chi connectivity index (χ0v) is 16.1. The predicted molar refractivity (Wildman–Crippen MR) is 104 cm³/mol. The number of methoxy groups -OCH3 is 3. The van der Waals surface area contributed by atoms with Gasteiger partial charge in [-0.15, -0.1) is 0 Å². The van der Waals surface area contributed by atoms with Crippen molar-refractivity contribution in [1.29, 1.82) is 0 Å². The Labute approximate surface area is 155 Å². The molecule has 140 valence electrons. The molecule has 0 aliphatic rings. The number of nitrogens with zero attached hydrogens (tertiary/aromatic N) is 2. The molecule has 6 nitrogen and oxygen atoms in total. The molecular formula is C20H27N3O3. The van der Waals surface area contributed by atoms with Gasteiger partial charge < -0.3 is 24.4 Å². The van der Waals surface area contributed by atoms with Crippen LogP contribution in [0.2, 0.25) is 0 Å². The van der Waals surface area contributed by atoms with E-state index in [0.717, 1.165) is 34.3 Å². The van der Waals surface area contributed by atoms with Gasteiger partial charge in [-0.3, -0.25) is 4.99 Å². The molecule has 0 saturated carbocycles. The molecule has 0 aliphatic carbocycles. The van der Waals surface area contributed by atoms with E-state index in [1.54, 1.807) is 28.4 Å². The molecule has 0 spiro atoms. The molecule has 0 amide bonds. The van der Waals surface area contributed by atoms with Crippen molar-refractivity contribution in [3.05, 3.63) is 53.6 Å². The third-order valence-electron chi connectivity index (χ3n) is 4.08. The zero-order valence-electron chi connectivity index (χ0n) is 16.1. The first kappa shape index (κ1) is 19.4. The number of nitrogens with one attached hydrogen (secondary N) is 1. The minimum absolute atomic E-state index is 0.662. The summed E-state index contributed by atoms with van der Waals surface area (Å²) in [6, 6.07) is 13.8. The number of ether oxygens (including phenoxy) is 3. The van der Waals surface area contributed by atoms with Gasteiger partial charge in [-0.2, -0.15) is 0 Å². The fraction of sp³-hybridized carbons (Fsp3) is 0.350. The van der Waals surface area contributed by atoms with Gasteiger partial charge in [0.1, 0.15) is 17.2 Å². The Hall–Kier alpha value is -2.89. The van der Waals surface area contributed by atoms with Crippen LogP contribution in [0.15, 0.2) is 47.5 Å². The zero-order chi connectivity index (χ0) is 18.9. The number of benzene rings is 2. The number of rotatable bonds is 7. The van der Waals surface area contributed by atoms with Gasteiger partial charge in [0.05, 0.1) is 21.3 Å². The Bertz CT molecular complexity index is 730. The maximum Gasteiger partial charge on any atom is 0.193 e. The summed E-state index contributed by atoms with van der Waals surface area (Å²) in [5.74, 6) is 3.22. The number of hydrogen-bond donors (Lipinski definition) is 1. The van der Waals surface area contributed by atoms with Crippen LogP contribution in [-0.4, -0.2) is 46.3 Å². The van der Waals surface area contributed by atoms with Crippen molar-refractivity contribution in [3.63, 3.8) is 0 Å². The van der Waals surface area contributed by atoms with Crippen molar-refractivity contribution in [2.75, 3.05) is 35.4 Å². The van der Waals surface area contributed by atoms with Gasteiger partial charge in [0.25, 0.3) is 0 Å². The van der Waals surface area contributed by atoms with E-state index in [2.05, 4.69) is 10.3 Å². The van der Waals surface area contributed by atoms with Crippen LogP contribution >= 0.6 is 0 Å². The number of guanidine groups is 1. The third-order valence-corrected chi connectivity index (χ3v) is 4.08. The minimum Gasteiger partial charge on any atom is -0.497 e. The number of hydrogen-bond acceptors (Lipinski definition) is 4. The first-order valence-electron chi connectivity index (χ1n) is 8.37. The molecule has 0 bridgehead atoms. The largest absolute Gasteiger partial charge is 0.497 e. The monoisotopic (exact) mass is 357 g/mol. The summed E-state index contributed by atoms with van der Waals surface area (Å²) in [4.78, 5) is 6.41. The van der Waals surface area contributed by atoms with Crippen LogP contribution in [0.1, 0.15) is 11.1 Å². The van der Waals surface area contributed by atoms with Crippen molar-refractivity contribution in [3.8, 4) is 17.2 Å². The smallest absolute Gasteiger partial charge is 0.193 e. The van der Waals surface area contributed by atoms with E-state index in [9.17, 15) is 0 Å². The van der Waals surface area contributed by atoms with Crippen LogP contribution in [0.3, 0.4) is 0 Å². The lowest BCUT2D eigenvalue weighted by Crippen LogP contribution is -2.38. The molecule has 0 radical (unpaired) electrons. The topological polar surface area (TPSA) is 55.3 Å². The van der Waals surface area contributed by atoms with Gasteiger partial charge in [-0.1, -0.05) is 12.1 Å². The van der Waals surface area contributed by atoms with Gasteiger partial charge in [0, 0.05) is 38.8 Å². The van der Waals surface area contributed by atoms with E-state index >= 15 is 0 Å². The maximum absolute atomic E-state index is 5.47.